The van der Waals surface area contributed by atoms with Crippen LogP contribution in [0.3, 0.4) is 0 Å². The monoisotopic (exact) mass is 300 g/mol. The van der Waals surface area contributed by atoms with Gasteiger partial charge in [-0.05, 0) is 24.0 Å². The summed E-state index contributed by atoms with van der Waals surface area (Å²) in [5, 5.41) is 22.7. The van der Waals surface area contributed by atoms with E-state index in [1.807, 2.05) is 13.8 Å². The summed E-state index contributed by atoms with van der Waals surface area (Å²) in [6, 6.07) is 3.84. The first kappa shape index (κ1) is 16.4. The number of nitro groups is 1. The first-order chi connectivity index (χ1) is 9.26. The third-order valence-corrected chi connectivity index (χ3v) is 3.15. The molecule has 1 aromatic rings. The summed E-state index contributed by atoms with van der Waals surface area (Å²) >= 11 is 5.77. The Morgan fingerprint density at radius 2 is 2.15 bits per heavy atom. The number of nitro benzene ring substituents is 1. The van der Waals surface area contributed by atoms with Gasteiger partial charge in [0.25, 0.3) is 11.6 Å². The molecular formula is C13H17ClN2O4. The standard InChI is InChI=1S/C13H17ClN2O4/c1-13(2,5-6-17)8-15-12(18)10-7-9(14)3-4-11(10)16(19)20/h3-4,7,17H,5-6,8H2,1-2H3,(H,15,18). The molecule has 0 spiro atoms. The lowest BCUT2D eigenvalue weighted by Gasteiger charge is -2.23. The number of aliphatic hydroxyl groups is 1. The quantitative estimate of drug-likeness (QED) is 0.623. The van der Waals surface area contributed by atoms with Crippen LogP contribution < -0.4 is 5.32 Å². The van der Waals surface area contributed by atoms with Crippen molar-refractivity contribution in [3.05, 3.63) is 38.9 Å². The Balaban J connectivity index is 2.87. The highest BCUT2D eigenvalue weighted by Gasteiger charge is 2.23. The number of carbonyl (C=O) groups excluding carboxylic acids is 1. The molecule has 0 aliphatic heterocycles. The van der Waals surface area contributed by atoms with Gasteiger partial charge in [-0.2, -0.15) is 0 Å². The summed E-state index contributed by atoms with van der Waals surface area (Å²) in [6.07, 6.45) is 0.519. The van der Waals surface area contributed by atoms with Gasteiger partial charge in [-0.1, -0.05) is 25.4 Å². The fourth-order valence-electron chi connectivity index (χ4n) is 1.66. The molecule has 0 radical (unpaired) electrons. The van der Waals surface area contributed by atoms with Crippen LogP contribution in [0.1, 0.15) is 30.6 Å². The fraction of sp³-hybridized carbons (Fsp3) is 0.462. The zero-order valence-corrected chi connectivity index (χ0v) is 12.1. The Bertz CT molecular complexity index is 517. The molecule has 0 heterocycles. The second-order valence-electron chi connectivity index (χ2n) is 5.24. The average molecular weight is 301 g/mol. The predicted molar refractivity (Wildman–Crippen MR) is 75.9 cm³/mol. The molecule has 6 nitrogen and oxygen atoms in total. The maximum atomic E-state index is 12.0. The second kappa shape index (κ2) is 6.67. The van der Waals surface area contributed by atoms with Crippen molar-refractivity contribution in [2.24, 2.45) is 5.41 Å². The minimum Gasteiger partial charge on any atom is -0.396 e. The van der Waals surface area contributed by atoms with Crippen LogP contribution in [0.5, 0.6) is 0 Å². The SMILES string of the molecule is CC(C)(CCO)CNC(=O)c1cc(Cl)ccc1[N+](=O)[O-]. The number of aliphatic hydroxyl groups excluding tert-OH is 1. The fourth-order valence-corrected chi connectivity index (χ4v) is 1.83. The van der Waals surface area contributed by atoms with E-state index >= 15 is 0 Å². The van der Waals surface area contributed by atoms with Gasteiger partial charge in [0.1, 0.15) is 5.56 Å². The van der Waals surface area contributed by atoms with E-state index in [9.17, 15) is 14.9 Å². The van der Waals surface area contributed by atoms with Crippen molar-refractivity contribution < 1.29 is 14.8 Å². The number of hydrogen-bond acceptors (Lipinski definition) is 4. The number of carbonyl (C=O) groups is 1. The molecule has 0 aliphatic carbocycles. The van der Waals surface area contributed by atoms with Crippen molar-refractivity contribution in [1.82, 2.24) is 5.32 Å². The van der Waals surface area contributed by atoms with Crippen molar-refractivity contribution in [2.45, 2.75) is 20.3 Å². The van der Waals surface area contributed by atoms with E-state index in [0.717, 1.165) is 0 Å². The Hall–Kier alpha value is -1.66. The molecule has 20 heavy (non-hydrogen) atoms. The molecule has 0 saturated heterocycles. The molecule has 0 bridgehead atoms. The van der Waals surface area contributed by atoms with Crippen LogP contribution in [0.4, 0.5) is 5.69 Å². The molecule has 0 aromatic heterocycles. The van der Waals surface area contributed by atoms with Gasteiger partial charge in [0, 0.05) is 24.2 Å². The summed E-state index contributed by atoms with van der Waals surface area (Å²) < 4.78 is 0. The minimum atomic E-state index is -0.621. The number of halogens is 1. The summed E-state index contributed by atoms with van der Waals surface area (Å²) in [5.41, 5.74) is -0.647. The third kappa shape index (κ3) is 4.47. The van der Waals surface area contributed by atoms with Crippen LogP contribution in [0.25, 0.3) is 0 Å². The van der Waals surface area contributed by atoms with Crippen molar-refractivity contribution in [2.75, 3.05) is 13.2 Å². The lowest BCUT2D eigenvalue weighted by atomic mass is 9.89. The van der Waals surface area contributed by atoms with E-state index < -0.39 is 10.8 Å². The highest BCUT2D eigenvalue weighted by molar-refractivity contribution is 6.31. The summed E-state index contributed by atoms with van der Waals surface area (Å²) in [5.74, 6) is -0.551. The number of nitrogens with zero attached hydrogens (tertiary/aromatic N) is 1. The highest BCUT2D eigenvalue weighted by Crippen LogP contribution is 2.23. The van der Waals surface area contributed by atoms with Crippen LogP contribution in [0.2, 0.25) is 5.02 Å². The van der Waals surface area contributed by atoms with E-state index in [-0.39, 0.29) is 28.3 Å². The Morgan fingerprint density at radius 1 is 1.50 bits per heavy atom. The first-order valence-corrected chi connectivity index (χ1v) is 6.47. The zero-order valence-electron chi connectivity index (χ0n) is 11.4. The number of amides is 1. The average Bonchev–Trinajstić information content (AvgIpc) is 2.35. The molecule has 7 heteroatoms. The Kier molecular flexibility index (Phi) is 5.47. The molecule has 0 aliphatic rings. The van der Waals surface area contributed by atoms with Gasteiger partial charge in [0.05, 0.1) is 4.92 Å². The second-order valence-corrected chi connectivity index (χ2v) is 5.68. The zero-order chi connectivity index (χ0) is 15.3. The van der Waals surface area contributed by atoms with E-state index in [2.05, 4.69) is 5.32 Å². The molecule has 110 valence electrons. The van der Waals surface area contributed by atoms with Gasteiger partial charge in [-0.25, -0.2) is 0 Å². The lowest BCUT2D eigenvalue weighted by Crippen LogP contribution is -2.34. The van der Waals surface area contributed by atoms with Gasteiger partial charge in [-0.3, -0.25) is 14.9 Å². The molecular weight excluding hydrogens is 284 g/mol. The van der Waals surface area contributed by atoms with Crippen LogP contribution in [-0.2, 0) is 0 Å². The first-order valence-electron chi connectivity index (χ1n) is 6.10. The molecule has 1 aromatic carbocycles. The summed E-state index contributed by atoms with van der Waals surface area (Å²) in [4.78, 5) is 22.3. The molecule has 1 amide bonds. The number of nitrogens with one attached hydrogen (secondary N) is 1. The minimum absolute atomic E-state index is 0.0141. The molecule has 0 unspecified atom stereocenters. The van der Waals surface area contributed by atoms with Crippen LogP contribution in [-0.4, -0.2) is 29.1 Å². The smallest absolute Gasteiger partial charge is 0.282 e. The number of hydrogen-bond donors (Lipinski definition) is 2. The molecule has 0 atom stereocenters. The van der Waals surface area contributed by atoms with Crippen LogP contribution in [0.15, 0.2) is 18.2 Å². The van der Waals surface area contributed by atoms with Crippen molar-refractivity contribution >= 4 is 23.2 Å². The van der Waals surface area contributed by atoms with Crippen molar-refractivity contribution in [3.8, 4) is 0 Å². The van der Waals surface area contributed by atoms with Gasteiger partial charge >= 0.3 is 0 Å². The normalized spacial score (nSPS) is 11.2. The Labute approximate surface area is 121 Å². The largest absolute Gasteiger partial charge is 0.396 e. The van der Waals surface area contributed by atoms with Crippen LogP contribution in [0, 0.1) is 15.5 Å². The summed E-state index contributed by atoms with van der Waals surface area (Å²) in [7, 11) is 0. The Morgan fingerprint density at radius 3 is 2.70 bits per heavy atom. The third-order valence-electron chi connectivity index (χ3n) is 2.92. The lowest BCUT2D eigenvalue weighted by molar-refractivity contribution is -0.385. The van der Waals surface area contributed by atoms with Gasteiger partial charge < -0.3 is 10.4 Å². The maximum Gasteiger partial charge on any atom is 0.282 e. The topological polar surface area (TPSA) is 92.5 Å². The van der Waals surface area contributed by atoms with E-state index in [0.29, 0.717) is 13.0 Å². The van der Waals surface area contributed by atoms with E-state index in [1.54, 1.807) is 0 Å². The summed E-state index contributed by atoms with van der Waals surface area (Å²) in [6.45, 7) is 4.09. The maximum absolute atomic E-state index is 12.0. The van der Waals surface area contributed by atoms with Gasteiger partial charge in [0.2, 0.25) is 0 Å². The van der Waals surface area contributed by atoms with Crippen molar-refractivity contribution in [1.29, 1.82) is 0 Å². The van der Waals surface area contributed by atoms with E-state index in [1.165, 1.54) is 18.2 Å². The van der Waals surface area contributed by atoms with Gasteiger partial charge in [0.15, 0.2) is 0 Å². The molecule has 2 N–H and O–H groups in total. The highest BCUT2D eigenvalue weighted by atomic mass is 35.5. The number of benzene rings is 1. The van der Waals surface area contributed by atoms with E-state index in [4.69, 9.17) is 16.7 Å². The van der Waals surface area contributed by atoms with Crippen molar-refractivity contribution in [3.63, 3.8) is 0 Å². The molecule has 0 fully saturated rings. The predicted octanol–water partition coefficient (Wildman–Crippen LogP) is 2.39. The number of rotatable bonds is 6. The van der Waals surface area contributed by atoms with Crippen LogP contribution >= 0.6 is 11.6 Å². The van der Waals surface area contributed by atoms with Gasteiger partial charge in [-0.15, -0.1) is 0 Å². The molecule has 1 rings (SSSR count). The molecule has 0 saturated carbocycles.